The molecule has 9 heteroatoms. The van der Waals surface area contributed by atoms with Gasteiger partial charge in [-0.25, -0.2) is 8.78 Å². The van der Waals surface area contributed by atoms with E-state index >= 15 is 0 Å². The van der Waals surface area contributed by atoms with Crippen molar-refractivity contribution in [2.75, 3.05) is 19.0 Å². The Morgan fingerprint density at radius 3 is 2.58 bits per heavy atom. The van der Waals surface area contributed by atoms with Gasteiger partial charge in [0.1, 0.15) is 11.4 Å². The topological polar surface area (TPSA) is 64.4 Å². The second kappa shape index (κ2) is 5.72. The van der Waals surface area contributed by atoms with Crippen LogP contribution in [0.15, 0.2) is 18.2 Å². The maximum atomic E-state index is 12.7. The molecule has 0 spiro atoms. The van der Waals surface area contributed by atoms with E-state index in [0.717, 1.165) is 12.1 Å². The molecule has 0 aliphatic carbocycles. The highest BCUT2D eigenvalue weighted by molar-refractivity contribution is 5.64. The van der Waals surface area contributed by atoms with E-state index in [-0.39, 0.29) is 11.4 Å². The maximum Gasteiger partial charge on any atom is 0.324 e. The first-order valence-corrected chi connectivity index (χ1v) is 5.00. The predicted molar refractivity (Wildman–Crippen MR) is 59.1 cm³/mol. The number of nitro groups is 1. The third kappa shape index (κ3) is 3.70. The minimum atomic E-state index is -4.28. The molecule has 0 aliphatic heterocycles. The van der Waals surface area contributed by atoms with Crippen molar-refractivity contribution in [3.05, 3.63) is 28.3 Å². The van der Waals surface area contributed by atoms with Crippen LogP contribution in [0, 0.1) is 10.1 Å². The van der Waals surface area contributed by atoms with Gasteiger partial charge < -0.3 is 10.1 Å². The summed E-state index contributed by atoms with van der Waals surface area (Å²) in [6.45, 7) is -1.42. The van der Waals surface area contributed by atoms with Crippen LogP contribution in [-0.4, -0.2) is 30.9 Å². The number of halogens is 4. The van der Waals surface area contributed by atoms with Gasteiger partial charge in [0.2, 0.25) is 0 Å². The van der Waals surface area contributed by atoms with Gasteiger partial charge in [0.25, 0.3) is 5.69 Å². The summed E-state index contributed by atoms with van der Waals surface area (Å²) in [5, 5.41) is 12.6. The van der Waals surface area contributed by atoms with Crippen molar-refractivity contribution in [1.29, 1.82) is 0 Å². The maximum absolute atomic E-state index is 12.7. The summed E-state index contributed by atoms with van der Waals surface area (Å²) in [7, 11) is 1.28. The second-order valence-corrected chi connectivity index (χ2v) is 3.56. The fourth-order valence-electron chi connectivity index (χ4n) is 1.23. The molecule has 0 heterocycles. The van der Waals surface area contributed by atoms with Crippen molar-refractivity contribution in [3.63, 3.8) is 0 Å². The molecular formula is C10H10F4N2O3. The van der Waals surface area contributed by atoms with E-state index < -0.39 is 29.5 Å². The van der Waals surface area contributed by atoms with Gasteiger partial charge in [-0.15, -0.1) is 0 Å². The smallest absolute Gasteiger partial charge is 0.324 e. The highest BCUT2D eigenvalue weighted by atomic mass is 19.3. The molecule has 5 nitrogen and oxygen atoms in total. The van der Waals surface area contributed by atoms with Crippen LogP contribution < -0.4 is 10.1 Å². The number of ether oxygens (including phenoxy) is 1. The number of nitro benzene ring substituents is 1. The molecule has 0 unspecified atom stereocenters. The largest absolute Gasteiger partial charge is 0.497 e. The number of nitrogens with one attached hydrogen (secondary N) is 1. The second-order valence-electron chi connectivity index (χ2n) is 3.56. The summed E-state index contributed by atoms with van der Waals surface area (Å²) in [4.78, 5) is 9.85. The molecule has 1 N–H and O–H groups in total. The summed E-state index contributed by atoms with van der Waals surface area (Å²) in [5.41, 5.74) is -0.824. The van der Waals surface area contributed by atoms with Gasteiger partial charge >= 0.3 is 12.3 Å². The Bertz CT molecular complexity index is 468. The monoisotopic (exact) mass is 282 g/mol. The molecule has 0 fully saturated rings. The van der Waals surface area contributed by atoms with Crippen LogP contribution in [0.1, 0.15) is 0 Å². The van der Waals surface area contributed by atoms with Crippen LogP contribution >= 0.6 is 0 Å². The van der Waals surface area contributed by atoms with Gasteiger partial charge in [0, 0.05) is 12.1 Å². The van der Waals surface area contributed by atoms with E-state index in [0.29, 0.717) is 0 Å². The fourth-order valence-corrected chi connectivity index (χ4v) is 1.23. The minimum Gasteiger partial charge on any atom is -0.497 e. The summed E-state index contributed by atoms with van der Waals surface area (Å²) in [6.07, 6.45) is -3.86. The van der Waals surface area contributed by atoms with Crippen LogP contribution in [0.5, 0.6) is 5.75 Å². The average molecular weight is 282 g/mol. The van der Waals surface area contributed by atoms with E-state index in [4.69, 9.17) is 4.74 Å². The Hall–Kier alpha value is -2.06. The lowest BCUT2D eigenvalue weighted by Crippen LogP contribution is -2.34. The van der Waals surface area contributed by atoms with E-state index in [2.05, 4.69) is 0 Å². The molecule has 0 aromatic heterocycles. The average Bonchev–Trinajstić information content (AvgIpc) is 2.35. The van der Waals surface area contributed by atoms with Gasteiger partial charge in [-0.3, -0.25) is 10.1 Å². The van der Waals surface area contributed by atoms with Crippen molar-refractivity contribution >= 4 is 11.4 Å². The minimum absolute atomic E-state index is 0.175. The normalized spacial score (nSPS) is 11.5. The number of hydrogen-bond donors (Lipinski definition) is 1. The zero-order valence-corrected chi connectivity index (χ0v) is 9.70. The SMILES string of the molecule is COc1ccc([N+](=O)[O-])c(NCC(F)(F)C(F)F)c1. The number of hydrogen-bond acceptors (Lipinski definition) is 4. The lowest BCUT2D eigenvalue weighted by molar-refractivity contribution is -0.384. The predicted octanol–water partition coefficient (Wildman–Crippen LogP) is 2.92. The lowest BCUT2D eigenvalue weighted by atomic mass is 10.2. The van der Waals surface area contributed by atoms with Crippen LogP contribution in [-0.2, 0) is 0 Å². The van der Waals surface area contributed by atoms with Crippen LogP contribution in [0.25, 0.3) is 0 Å². The molecule has 0 saturated heterocycles. The van der Waals surface area contributed by atoms with Gasteiger partial charge in [0.05, 0.1) is 18.6 Å². The Kier molecular flexibility index (Phi) is 4.52. The number of anilines is 1. The number of alkyl halides is 4. The lowest BCUT2D eigenvalue weighted by Gasteiger charge is -2.16. The number of nitrogens with zero attached hydrogens (tertiary/aromatic N) is 1. The molecule has 0 radical (unpaired) electrons. The highest BCUT2D eigenvalue weighted by Crippen LogP contribution is 2.30. The molecule has 1 aromatic rings. The zero-order valence-electron chi connectivity index (χ0n) is 9.70. The molecule has 106 valence electrons. The highest BCUT2D eigenvalue weighted by Gasteiger charge is 2.40. The van der Waals surface area contributed by atoms with Gasteiger partial charge in [-0.2, -0.15) is 8.78 Å². The Balaban J connectivity index is 2.95. The van der Waals surface area contributed by atoms with Crippen molar-refractivity contribution in [3.8, 4) is 5.75 Å². The third-order valence-corrected chi connectivity index (χ3v) is 2.23. The van der Waals surface area contributed by atoms with Crippen LogP contribution in [0.3, 0.4) is 0 Å². The van der Waals surface area contributed by atoms with Crippen molar-refractivity contribution in [2.45, 2.75) is 12.3 Å². The number of benzene rings is 1. The molecule has 0 atom stereocenters. The number of methoxy groups -OCH3 is 1. The quantitative estimate of drug-likeness (QED) is 0.495. The van der Waals surface area contributed by atoms with Crippen molar-refractivity contribution in [2.24, 2.45) is 0 Å². The zero-order chi connectivity index (χ0) is 14.6. The summed E-state index contributed by atoms with van der Waals surface area (Å²) in [5.74, 6) is -4.11. The van der Waals surface area contributed by atoms with Gasteiger partial charge in [-0.05, 0) is 6.07 Å². The first-order chi connectivity index (χ1) is 8.77. The summed E-state index contributed by atoms with van der Waals surface area (Å²) >= 11 is 0. The molecule has 1 rings (SSSR count). The molecule has 0 aliphatic rings. The summed E-state index contributed by atoms with van der Waals surface area (Å²) in [6, 6.07) is 3.37. The molecular weight excluding hydrogens is 272 g/mol. The van der Waals surface area contributed by atoms with E-state index in [1.165, 1.54) is 13.2 Å². The van der Waals surface area contributed by atoms with Gasteiger partial charge in [-0.1, -0.05) is 0 Å². The standard InChI is InChI=1S/C10H10F4N2O3/c1-19-6-2-3-8(16(17)18)7(4-6)15-5-10(13,14)9(11)12/h2-4,9,15H,5H2,1H3. The molecule has 0 amide bonds. The molecule has 19 heavy (non-hydrogen) atoms. The van der Waals surface area contributed by atoms with Crippen molar-refractivity contribution < 1.29 is 27.2 Å². The summed E-state index contributed by atoms with van der Waals surface area (Å²) < 4.78 is 54.2. The van der Waals surface area contributed by atoms with Gasteiger partial charge in [0.15, 0.2) is 0 Å². The molecule has 0 saturated carbocycles. The fraction of sp³-hybridized carbons (Fsp3) is 0.400. The Morgan fingerprint density at radius 1 is 1.47 bits per heavy atom. The van der Waals surface area contributed by atoms with E-state index in [1.54, 1.807) is 0 Å². The van der Waals surface area contributed by atoms with E-state index in [1.807, 2.05) is 5.32 Å². The van der Waals surface area contributed by atoms with Crippen molar-refractivity contribution in [1.82, 2.24) is 0 Å². The van der Waals surface area contributed by atoms with Crippen LogP contribution in [0.2, 0.25) is 0 Å². The molecule has 0 bridgehead atoms. The Morgan fingerprint density at radius 2 is 2.11 bits per heavy atom. The first-order valence-electron chi connectivity index (χ1n) is 5.00. The third-order valence-electron chi connectivity index (χ3n) is 2.23. The van der Waals surface area contributed by atoms with Crippen LogP contribution in [0.4, 0.5) is 28.9 Å². The molecule has 1 aromatic carbocycles. The first kappa shape index (κ1) is 15.0. The Labute approximate surface area is 105 Å². The number of rotatable bonds is 6. The van der Waals surface area contributed by atoms with E-state index in [9.17, 15) is 27.7 Å².